The van der Waals surface area contributed by atoms with Crippen LogP contribution in [-0.4, -0.2) is 73.1 Å². The van der Waals surface area contributed by atoms with Gasteiger partial charge in [0.25, 0.3) is 0 Å². The Morgan fingerprint density at radius 2 is 1.77 bits per heavy atom. The SMILES string of the molecule is CN=C(NCc1ccc(CN2CC(C)OC(C)C2)cc1)NC1CCN(C(=O)C(C)C)C1. The molecule has 1 amide bonds. The van der Waals surface area contributed by atoms with Gasteiger partial charge in [-0.15, -0.1) is 0 Å². The van der Waals surface area contributed by atoms with E-state index in [9.17, 15) is 4.79 Å². The second kappa shape index (κ2) is 11.0. The molecule has 3 rings (SSSR count). The summed E-state index contributed by atoms with van der Waals surface area (Å²) < 4.78 is 5.83. The lowest BCUT2D eigenvalue weighted by Gasteiger charge is -2.35. The van der Waals surface area contributed by atoms with Crippen LogP contribution in [0.15, 0.2) is 29.3 Å². The van der Waals surface area contributed by atoms with Gasteiger partial charge in [-0.05, 0) is 31.4 Å². The van der Waals surface area contributed by atoms with Gasteiger partial charge >= 0.3 is 0 Å². The van der Waals surface area contributed by atoms with E-state index < -0.39 is 0 Å². The molecular weight excluding hydrogens is 390 g/mol. The summed E-state index contributed by atoms with van der Waals surface area (Å²) in [7, 11) is 1.79. The first-order valence-electron chi connectivity index (χ1n) is 11.6. The first kappa shape index (κ1) is 23.5. The van der Waals surface area contributed by atoms with Crippen LogP contribution in [0, 0.1) is 5.92 Å². The third-order valence-corrected chi connectivity index (χ3v) is 5.94. The van der Waals surface area contributed by atoms with E-state index in [1.54, 1.807) is 7.05 Å². The molecule has 3 unspecified atom stereocenters. The van der Waals surface area contributed by atoms with E-state index in [-0.39, 0.29) is 17.9 Å². The number of rotatable bonds is 6. The summed E-state index contributed by atoms with van der Waals surface area (Å²) >= 11 is 0. The number of hydrogen-bond donors (Lipinski definition) is 2. The maximum Gasteiger partial charge on any atom is 0.225 e. The lowest BCUT2D eigenvalue weighted by atomic mass is 10.1. The molecule has 2 aliphatic rings. The van der Waals surface area contributed by atoms with Gasteiger partial charge in [-0.2, -0.15) is 0 Å². The number of likely N-dealkylation sites (tertiary alicyclic amines) is 1. The number of guanidine groups is 1. The van der Waals surface area contributed by atoms with Crippen molar-refractivity contribution in [3.05, 3.63) is 35.4 Å². The minimum atomic E-state index is 0.0502. The van der Waals surface area contributed by atoms with Gasteiger partial charge in [-0.25, -0.2) is 0 Å². The quantitative estimate of drug-likeness (QED) is 0.536. The van der Waals surface area contributed by atoms with Crippen LogP contribution in [0.3, 0.4) is 0 Å². The second-order valence-electron chi connectivity index (χ2n) is 9.26. The van der Waals surface area contributed by atoms with Gasteiger partial charge in [-0.1, -0.05) is 38.1 Å². The third-order valence-electron chi connectivity index (χ3n) is 5.94. The topological polar surface area (TPSA) is 69.2 Å². The monoisotopic (exact) mass is 429 g/mol. The van der Waals surface area contributed by atoms with Crippen LogP contribution in [0.5, 0.6) is 0 Å². The summed E-state index contributed by atoms with van der Waals surface area (Å²) in [6.45, 7) is 13.4. The van der Waals surface area contributed by atoms with Crippen molar-refractivity contribution in [1.29, 1.82) is 0 Å². The fourth-order valence-electron chi connectivity index (χ4n) is 4.45. The summed E-state index contributed by atoms with van der Waals surface area (Å²) in [5.41, 5.74) is 2.55. The Balaban J connectivity index is 1.44. The molecule has 1 aromatic carbocycles. The van der Waals surface area contributed by atoms with Crippen molar-refractivity contribution in [2.45, 2.75) is 65.5 Å². The zero-order valence-corrected chi connectivity index (χ0v) is 19.7. The van der Waals surface area contributed by atoms with Crippen molar-refractivity contribution in [2.24, 2.45) is 10.9 Å². The Bertz CT molecular complexity index is 739. The average Bonchev–Trinajstić information content (AvgIpc) is 3.19. The number of carbonyl (C=O) groups excluding carboxylic acids is 1. The number of nitrogens with one attached hydrogen (secondary N) is 2. The van der Waals surface area contributed by atoms with Crippen LogP contribution >= 0.6 is 0 Å². The van der Waals surface area contributed by atoms with Crippen LogP contribution in [-0.2, 0) is 22.6 Å². The Morgan fingerprint density at radius 3 is 2.39 bits per heavy atom. The number of hydrogen-bond acceptors (Lipinski definition) is 4. The highest BCUT2D eigenvalue weighted by atomic mass is 16.5. The third kappa shape index (κ3) is 6.94. The van der Waals surface area contributed by atoms with Gasteiger partial charge in [0.15, 0.2) is 5.96 Å². The zero-order valence-electron chi connectivity index (χ0n) is 19.7. The van der Waals surface area contributed by atoms with Crippen LogP contribution in [0.1, 0.15) is 45.2 Å². The maximum atomic E-state index is 12.2. The van der Waals surface area contributed by atoms with Gasteiger partial charge in [0, 0.05) is 58.3 Å². The molecule has 2 fully saturated rings. The lowest BCUT2D eigenvalue weighted by molar-refractivity contribution is -0.133. The number of ether oxygens (including phenoxy) is 1. The van der Waals surface area contributed by atoms with Crippen LogP contribution < -0.4 is 10.6 Å². The smallest absolute Gasteiger partial charge is 0.225 e. The molecule has 2 N–H and O–H groups in total. The van der Waals surface area contributed by atoms with E-state index in [1.807, 2.05) is 18.7 Å². The zero-order chi connectivity index (χ0) is 22.4. The molecule has 2 heterocycles. The Labute approximate surface area is 187 Å². The first-order valence-corrected chi connectivity index (χ1v) is 11.6. The van der Waals surface area contributed by atoms with Crippen molar-refractivity contribution < 1.29 is 9.53 Å². The van der Waals surface area contributed by atoms with Crippen molar-refractivity contribution >= 4 is 11.9 Å². The molecule has 0 aliphatic carbocycles. The van der Waals surface area contributed by atoms with Gasteiger partial charge in [0.05, 0.1) is 12.2 Å². The van der Waals surface area contributed by atoms with Crippen molar-refractivity contribution in [1.82, 2.24) is 20.4 Å². The molecule has 1 aromatic rings. The number of morpholine rings is 1. The average molecular weight is 430 g/mol. The van der Waals surface area contributed by atoms with E-state index in [2.05, 4.69) is 58.6 Å². The van der Waals surface area contributed by atoms with Gasteiger partial charge in [-0.3, -0.25) is 14.7 Å². The molecule has 0 aromatic heterocycles. The fraction of sp³-hybridized carbons (Fsp3) is 0.667. The van der Waals surface area contributed by atoms with Gasteiger partial charge < -0.3 is 20.3 Å². The summed E-state index contributed by atoms with van der Waals surface area (Å²) in [5.74, 6) is 1.06. The Morgan fingerprint density at radius 1 is 1.13 bits per heavy atom. The lowest BCUT2D eigenvalue weighted by Crippen LogP contribution is -2.45. The van der Waals surface area contributed by atoms with Crippen molar-refractivity contribution in [2.75, 3.05) is 33.2 Å². The predicted octanol–water partition coefficient (Wildman–Crippen LogP) is 2.22. The van der Waals surface area contributed by atoms with Gasteiger partial charge in [0.1, 0.15) is 0 Å². The molecule has 2 aliphatic heterocycles. The molecule has 7 nitrogen and oxygen atoms in total. The fourth-order valence-corrected chi connectivity index (χ4v) is 4.45. The molecular formula is C24H39N5O2. The number of nitrogens with zero attached hydrogens (tertiary/aromatic N) is 3. The predicted molar refractivity (Wildman–Crippen MR) is 125 cm³/mol. The van der Waals surface area contributed by atoms with E-state index in [1.165, 1.54) is 11.1 Å². The summed E-state index contributed by atoms with van der Waals surface area (Å²) in [6.07, 6.45) is 1.54. The van der Waals surface area contributed by atoms with E-state index in [4.69, 9.17) is 4.74 Å². The first-order chi connectivity index (χ1) is 14.8. The van der Waals surface area contributed by atoms with Gasteiger partial charge in [0.2, 0.25) is 5.91 Å². The van der Waals surface area contributed by atoms with Crippen LogP contribution in [0.25, 0.3) is 0 Å². The number of carbonyl (C=O) groups is 1. The van der Waals surface area contributed by atoms with Crippen LogP contribution in [0.4, 0.5) is 0 Å². The van der Waals surface area contributed by atoms with Crippen LogP contribution in [0.2, 0.25) is 0 Å². The minimum Gasteiger partial charge on any atom is -0.373 e. The molecule has 7 heteroatoms. The molecule has 0 bridgehead atoms. The molecule has 0 radical (unpaired) electrons. The summed E-state index contributed by atoms with van der Waals surface area (Å²) in [6, 6.07) is 9.03. The normalized spacial score (nSPS) is 25.2. The summed E-state index contributed by atoms with van der Waals surface area (Å²) in [5, 5.41) is 6.86. The molecule has 0 spiro atoms. The second-order valence-corrected chi connectivity index (χ2v) is 9.26. The van der Waals surface area contributed by atoms with Crippen molar-refractivity contribution in [3.63, 3.8) is 0 Å². The largest absolute Gasteiger partial charge is 0.373 e. The minimum absolute atomic E-state index is 0.0502. The molecule has 0 saturated carbocycles. The summed E-state index contributed by atoms with van der Waals surface area (Å²) in [4.78, 5) is 21.0. The van der Waals surface area contributed by atoms with Crippen molar-refractivity contribution in [3.8, 4) is 0 Å². The maximum absolute atomic E-state index is 12.2. The molecule has 31 heavy (non-hydrogen) atoms. The number of amides is 1. The van der Waals surface area contributed by atoms with E-state index in [0.29, 0.717) is 18.8 Å². The highest BCUT2D eigenvalue weighted by molar-refractivity contribution is 5.81. The highest BCUT2D eigenvalue weighted by Crippen LogP contribution is 2.15. The van der Waals surface area contributed by atoms with E-state index in [0.717, 1.165) is 45.1 Å². The highest BCUT2D eigenvalue weighted by Gasteiger charge is 2.28. The van der Waals surface area contributed by atoms with E-state index >= 15 is 0 Å². The number of benzene rings is 1. The standard InChI is InChI=1S/C24H39N5O2/c1-17(2)23(30)29-11-10-22(16-29)27-24(25-5)26-12-20-6-8-21(9-7-20)15-28-13-18(3)31-19(4)14-28/h6-9,17-19,22H,10-16H2,1-5H3,(H2,25,26,27). The Hall–Kier alpha value is -2.12. The number of aliphatic imine (C=N–C) groups is 1. The molecule has 2 saturated heterocycles. The Kier molecular flexibility index (Phi) is 8.32. The molecule has 3 atom stereocenters. The molecule has 172 valence electrons.